The molecule has 0 aliphatic carbocycles. The normalized spacial score (nSPS) is 11.6. The molecule has 5 nitrogen and oxygen atoms in total. The second-order valence-corrected chi connectivity index (χ2v) is 8.24. The first kappa shape index (κ1) is 18.7. The summed E-state index contributed by atoms with van der Waals surface area (Å²) in [6.07, 6.45) is 5.34. The van der Waals surface area contributed by atoms with Crippen molar-refractivity contribution in [2.45, 2.75) is 31.2 Å². The lowest BCUT2D eigenvalue weighted by Crippen LogP contribution is -2.40. The predicted octanol–water partition coefficient (Wildman–Crippen LogP) is 3.00. The van der Waals surface area contributed by atoms with Gasteiger partial charge in [0.1, 0.15) is 0 Å². The minimum absolute atomic E-state index is 0.105. The zero-order valence-electron chi connectivity index (χ0n) is 14.3. The highest BCUT2D eigenvalue weighted by Gasteiger charge is 2.22. The molecule has 0 unspecified atom stereocenters. The van der Waals surface area contributed by atoms with Crippen molar-refractivity contribution in [3.8, 4) is 12.3 Å². The van der Waals surface area contributed by atoms with Gasteiger partial charge in [-0.1, -0.05) is 12.0 Å². The van der Waals surface area contributed by atoms with Gasteiger partial charge in [-0.05, 0) is 63.2 Å². The largest absolute Gasteiger partial charge is 0.322 e. The summed E-state index contributed by atoms with van der Waals surface area (Å²) in [7, 11) is -3.63. The lowest BCUT2D eigenvalue weighted by molar-refractivity contribution is 0.102. The Bertz CT molecular complexity index is 918. The number of rotatable bonds is 4. The number of carbonyl (C=O) groups excluding carboxylic acids is 1. The molecule has 1 amide bonds. The van der Waals surface area contributed by atoms with Crippen molar-refractivity contribution in [2.24, 2.45) is 0 Å². The Morgan fingerprint density at radius 2 is 1.72 bits per heavy atom. The van der Waals surface area contributed by atoms with Gasteiger partial charge in [-0.25, -0.2) is 13.1 Å². The standard InChI is InChI=1S/C19H20N2O3S/c1-5-14-7-6-8-16(13-14)20-18(22)15-9-11-17(12-10-15)25(23,24)21-19(2,3)4/h1,6-13,21H,2-4H3,(H,20,22). The molecule has 2 aromatic rings. The molecule has 2 aromatic carbocycles. The molecule has 0 heterocycles. The van der Waals surface area contributed by atoms with Crippen molar-refractivity contribution >= 4 is 21.6 Å². The van der Waals surface area contributed by atoms with Crippen molar-refractivity contribution < 1.29 is 13.2 Å². The highest BCUT2D eigenvalue weighted by atomic mass is 32.2. The minimum atomic E-state index is -3.63. The van der Waals surface area contributed by atoms with E-state index in [2.05, 4.69) is 16.0 Å². The van der Waals surface area contributed by atoms with E-state index in [1.165, 1.54) is 24.3 Å². The average Bonchev–Trinajstić information content (AvgIpc) is 2.53. The molecular weight excluding hydrogens is 336 g/mol. The highest BCUT2D eigenvalue weighted by Crippen LogP contribution is 2.16. The third-order valence-corrected chi connectivity index (χ3v) is 4.93. The maximum Gasteiger partial charge on any atom is 0.255 e. The van der Waals surface area contributed by atoms with Crippen LogP contribution < -0.4 is 10.0 Å². The molecular formula is C19H20N2O3S. The Morgan fingerprint density at radius 3 is 2.28 bits per heavy atom. The number of hydrogen-bond donors (Lipinski definition) is 2. The molecule has 0 saturated carbocycles. The fourth-order valence-electron chi connectivity index (χ4n) is 2.14. The van der Waals surface area contributed by atoms with Crippen molar-refractivity contribution in [3.63, 3.8) is 0 Å². The van der Waals surface area contributed by atoms with Gasteiger partial charge in [0, 0.05) is 22.4 Å². The first-order chi connectivity index (χ1) is 11.6. The Labute approximate surface area is 148 Å². The van der Waals surface area contributed by atoms with E-state index in [9.17, 15) is 13.2 Å². The molecule has 0 fully saturated rings. The lowest BCUT2D eigenvalue weighted by Gasteiger charge is -2.20. The van der Waals surface area contributed by atoms with Crippen LogP contribution in [0.25, 0.3) is 0 Å². The number of amides is 1. The quantitative estimate of drug-likeness (QED) is 0.827. The number of sulfonamides is 1. The summed E-state index contributed by atoms with van der Waals surface area (Å²) in [6.45, 7) is 5.28. The maximum atomic E-state index is 12.3. The van der Waals surface area contributed by atoms with E-state index in [1.807, 2.05) is 0 Å². The summed E-state index contributed by atoms with van der Waals surface area (Å²) in [5, 5.41) is 2.73. The number of carbonyl (C=O) groups is 1. The molecule has 0 aliphatic rings. The van der Waals surface area contributed by atoms with Gasteiger partial charge >= 0.3 is 0 Å². The van der Waals surface area contributed by atoms with Crippen LogP contribution in [0.1, 0.15) is 36.7 Å². The van der Waals surface area contributed by atoms with Crippen molar-refractivity contribution in [2.75, 3.05) is 5.32 Å². The smallest absolute Gasteiger partial charge is 0.255 e. The Hall–Kier alpha value is -2.62. The van der Waals surface area contributed by atoms with E-state index < -0.39 is 15.6 Å². The summed E-state index contributed by atoms with van der Waals surface area (Å²) in [5.74, 6) is 2.15. The third kappa shape index (κ3) is 5.18. The first-order valence-corrected chi connectivity index (χ1v) is 9.11. The molecule has 6 heteroatoms. The van der Waals surface area contributed by atoms with E-state index in [0.29, 0.717) is 16.8 Å². The summed E-state index contributed by atoms with van der Waals surface area (Å²) in [6, 6.07) is 12.7. The minimum Gasteiger partial charge on any atom is -0.322 e. The monoisotopic (exact) mass is 356 g/mol. The zero-order valence-corrected chi connectivity index (χ0v) is 15.1. The second kappa shape index (κ2) is 7.09. The van der Waals surface area contributed by atoms with Crippen LogP contribution in [0.2, 0.25) is 0 Å². The molecule has 0 bridgehead atoms. The van der Waals surface area contributed by atoms with Gasteiger partial charge < -0.3 is 5.32 Å². The van der Waals surface area contributed by atoms with Crippen molar-refractivity contribution in [3.05, 3.63) is 59.7 Å². The van der Waals surface area contributed by atoms with Gasteiger partial charge in [-0.3, -0.25) is 4.79 Å². The molecule has 130 valence electrons. The molecule has 0 saturated heterocycles. The first-order valence-electron chi connectivity index (χ1n) is 7.63. The Kier molecular flexibility index (Phi) is 5.31. The van der Waals surface area contributed by atoms with Crippen LogP contribution in [0.5, 0.6) is 0 Å². The third-order valence-electron chi connectivity index (χ3n) is 3.15. The van der Waals surface area contributed by atoms with Crippen molar-refractivity contribution in [1.29, 1.82) is 0 Å². The number of nitrogens with one attached hydrogen (secondary N) is 2. The summed E-state index contributed by atoms with van der Waals surface area (Å²) < 4.78 is 27.1. The summed E-state index contributed by atoms with van der Waals surface area (Å²) >= 11 is 0. The summed E-state index contributed by atoms with van der Waals surface area (Å²) in [5.41, 5.74) is 0.997. The number of terminal acetylenes is 1. The van der Waals surface area contributed by atoms with E-state index >= 15 is 0 Å². The Balaban J connectivity index is 2.16. The molecule has 25 heavy (non-hydrogen) atoms. The highest BCUT2D eigenvalue weighted by molar-refractivity contribution is 7.89. The zero-order chi connectivity index (χ0) is 18.7. The van der Waals surface area contributed by atoms with Gasteiger partial charge in [0.05, 0.1) is 4.90 Å². The molecule has 0 aliphatic heterocycles. The number of anilines is 1. The van der Waals surface area contributed by atoms with Crippen LogP contribution in [-0.2, 0) is 10.0 Å². The van der Waals surface area contributed by atoms with E-state index in [4.69, 9.17) is 6.42 Å². The molecule has 0 radical (unpaired) electrons. The molecule has 2 rings (SSSR count). The molecule has 2 N–H and O–H groups in total. The van der Waals surface area contributed by atoms with Crippen LogP contribution in [0.15, 0.2) is 53.4 Å². The lowest BCUT2D eigenvalue weighted by atomic mass is 10.1. The van der Waals surface area contributed by atoms with E-state index in [-0.39, 0.29) is 10.8 Å². The second-order valence-electron chi connectivity index (χ2n) is 6.56. The molecule has 0 atom stereocenters. The van der Waals surface area contributed by atoms with Crippen LogP contribution in [0, 0.1) is 12.3 Å². The number of benzene rings is 2. The molecule has 0 spiro atoms. The predicted molar refractivity (Wildman–Crippen MR) is 98.8 cm³/mol. The van der Waals surface area contributed by atoms with Gasteiger partial charge in [0.25, 0.3) is 5.91 Å². The van der Waals surface area contributed by atoms with Crippen LogP contribution in [0.4, 0.5) is 5.69 Å². The van der Waals surface area contributed by atoms with Crippen LogP contribution in [-0.4, -0.2) is 19.9 Å². The fraction of sp³-hybridized carbons (Fsp3) is 0.211. The van der Waals surface area contributed by atoms with E-state index in [0.717, 1.165) is 0 Å². The molecule has 0 aromatic heterocycles. The fourth-order valence-corrected chi connectivity index (χ4v) is 3.56. The average molecular weight is 356 g/mol. The number of hydrogen-bond acceptors (Lipinski definition) is 3. The Morgan fingerprint density at radius 1 is 1.08 bits per heavy atom. The van der Waals surface area contributed by atoms with Gasteiger partial charge in [-0.2, -0.15) is 0 Å². The topological polar surface area (TPSA) is 75.3 Å². The van der Waals surface area contributed by atoms with Gasteiger partial charge in [0.2, 0.25) is 10.0 Å². The maximum absolute atomic E-state index is 12.3. The SMILES string of the molecule is C#Cc1cccc(NC(=O)c2ccc(S(=O)(=O)NC(C)(C)C)cc2)c1. The van der Waals surface area contributed by atoms with Gasteiger partial charge in [-0.15, -0.1) is 6.42 Å². The van der Waals surface area contributed by atoms with Crippen LogP contribution in [0.3, 0.4) is 0 Å². The van der Waals surface area contributed by atoms with Gasteiger partial charge in [0.15, 0.2) is 0 Å². The van der Waals surface area contributed by atoms with Crippen LogP contribution >= 0.6 is 0 Å². The summed E-state index contributed by atoms with van der Waals surface area (Å²) in [4.78, 5) is 12.4. The van der Waals surface area contributed by atoms with Crippen molar-refractivity contribution in [1.82, 2.24) is 4.72 Å². The van der Waals surface area contributed by atoms with E-state index in [1.54, 1.807) is 45.0 Å².